The molecule has 32 heavy (non-hydrogen) atoms. The molecular formula is C20H22ClN3O8. The smallest absolute Gasteiger partial charge is 0.303 e. The lowest BCUT2D eigenvalue weighted by molar-refractivity contribution is -0.241. The van der Waals surface area contributed by atoms with Crippen molar-refractivity contribution in [3.63, 3.8) is 0 Å². The Morgan fingerprint density at radius 2 is 1.66 bits per heavy atom. The van der Waals surface area contributed by atoms with Gasteiger partial charge in [0.15, 0.2) is 24.5 Å². The molecule has 1 saturated heterocycles. The number of rotatable bonds is 7. The van der Waals surface area contributed by atoms with Crippen molar-refractivity contribution in [1.29, 1.82) is 0 Å². The number of ether oxygens (including phenoxy) is 5. The van der Waals surface area contributed by atoms with Gasteiger partial charge in [0.05, 0.1) is 12.8 Å². The fourth-order valence-corrected chi connectivity index (χ4v) is 3.27. The maximum absolute atomic E-state index is 11.7. The van der Waals surface area contributed by atoms with Crippen LogP contribution in [0, 0.1) is 0 Å². The Labute approximate surface area is 188 Å². The van der Waals surface area contributed by atoms with Gasteiger partial charge in [-0.15, -0.1) is 5.10 Å². The molecule has 2 aromatic rings. The summed E-state index contributed by atoms with van der Waals surface area (Å²) >= 11 is 5.86. The lowest BCUT2D eigenvalue weighted by Gasteiger charge is -2.40. The average Bonchev–Trinajstić information content (AvgIpc) is 3.18. The highest BCUT2D eigenvalue weighted by Gasteiger charge is 2.48. The van der Waals surface area contributed by atoms with Crippen LogP contribution in [-0.2, 0) is 39.9 Å². The first-order chi connectivity index (χ1) is 15.2. The molecule has 1 aliphatic rings. The van der Waals surface area contributed by atoms with Crippen LogP contribution in [0.1, 0.15) is 32.7 Å². The third-order valence-corrected chi connectivity index (χ3v) is 4.59. The maximum atomic E-state index is 11.7. The molecule has 1 aromatic heterocycles. The van der Waals surface area contributed by atoms with E-state index < -0.39 is 42.4 Å². The summed E-state index contributed by atoms with van der Waals surface area (Å²) in [6.07, 6.45) is -2.63. The number of nitrogens with zero attached hydrogens (tertiary/aromatic N) is 3. The van der Waals surface area contributed by atoms with Gasteiger partial charge in [-0.2, -0.15) is 0 Å². The summed E-state index contributed by atoms with van der Waals surface area (Å²) in [6, 6.07) is 6.82. The van der Waals surface area contributed by atoms with Crippen molar-refractivity contribution in [1.82, 2.24) is 15.0 Å². The first-order valence-electron chi connectivity index (χ1n) is 9.65. The summed E-state index contributed by atoms with van der Waals surface area (Å²) in [5.41, 5.74) is 0.469. The fraction of sp³-hybridized carbons (Fsp3) is 0.450. The van der Waals surface area contributed by atoms with E-state index in [4.69, 9.17) is 35.3 Å². The van der Waals surface area contributed by atoms with Crippen molar-refractivity contribution in [2.45, 2.75) is 51.9 Å². The molecule has 4 atom stereocenters. The highest BCUT2D eigenvalue weighted by atomic mass is 35.5. The predicted molar refractivity (Wildman–Crippen MR) is 107 cm³/mol. The quantitative estimate of drug-likeness (QED) is 0.439. The molecule has 172 valence electrons. The molecular weight excluding hydrogens is 446 g/mol. The summed E-state index contributed by atoms with van der Waals surface area (Å²) in [5.74, 6) is -1.29. The van der Waals surface area contributed by atoms with Crippen molar-refractivity contribution >= 4 is 29.5 Å². The summed E-state index contributed by atoms with van der Waals surface area (Å²) < 4.78 is 28.6. The van der Waals surface area contributed by atoms with Gasteiger partial charge in [-0.1, -0.05) is 16.8 Å². The Morgan fingerprint density at radius 1 is 1.03 bits per heavy atom. The van der Waals surface area contributed by atoms with Crippen LogP contribution in [0.5, 0.6) is 5.75 Å². The number of esters is 3. The number of hydrogen-bond donors (Lipinski definition) is 0. The summed E-state index contributed by atoms with van der Waals surface area (Å²) in [7, 11) is 0. The molecule has 0 saturated carbocycles. The van der Waals surface area contributed by atoms with E-state index in [1.165, 1.54) is 25.5 Å². The molecule has 1 fully saturated rings. The van der Waals surface area contributed by atoms with Crippen LogP contribution < -0.4 is 4.74 Å². The van der Waals surface area contributed by atoms with Crippen LogP contribution >= 0.6 is 11.6 Å². The molecule has 0 aliphatic carbocycles. The summed E-state index contributed by atoms with van der Waals surface area (Å²) in [6.45, 7) is 3.60. The van der Waals surface area contributed by atoms with E-state index in [1.54, 1.807) is 30.5 Å². The second-order valence-corrected chi connectivity index (χ2v) is 7.39. The molecule has 12 heteroatoms. The number of hydrogen-bond acceptors (Lipinski definition) is 10. The van der Waals surface area contributed by atoms with Crippen LogP contribution in [0.2, 0.25) is 5.02 Å². The molecule has 0 bridgehead atoms. The minimum atomic E-state index is -1.14. The van der Waals surface area contributed by atoms with Gasteiger partial charge < -0.3 is 23.7 Å². The number of carbonyl (C=O) groups is 3. The van der Waals surface area contributed by atoms with Gasteiger partial charge in [-0.05, 0) is 24.3 Å². The molecule has 0 N–H and O–H groups in total. The third-order valence-electron chi connectivity index (χ3n) is 4.34. The van der Waals surface area contributed by atoms with Gasteiger partial charge in [0.25, 0.3) is 0 Å². The van der Waals surface area contributed by atoms with Crippen LogP contribution in [0.3, 0.4) is 0 Å². The van der Waals surface area contributed by atoms with Crippen LogP contribution in [-0.4, -0.2) is 57.8 Å². The molecule has 2 heterocycles. The number of benzene rings is 1. The average molecular weight is 468 g/mol. The third kappa shape index (κ3) is 6.17. The lowest BCUT2D eigenvalue weighted by Crippen LogP contribution is -2.55. The Morgan fingerprint density at radius 3 is 2.28 bits per heavy atom. The van der Waals surface area contributed by atoms with E-state index >= 15 is 0 Å². The molecule has 3 rings (SSSR count). The molecule has 0 unspecified atom stereocenters. The van der Waals surface area contributed by atoms with Gasteiger partial charge in [-0.25, -0.2) is 4.68 Å². The maximum Gasteiger partial charge on any atom is 0.303 e. The fourth-order valence-electron chi connectivity index (χ4n) is 3.14. The molecule has 0 amide bonds. The first-order valence-corrected chi connectivity index (χ1v) is 10.0. The van der Waals surface area contributed by atoms with Crippen LogP contribution in [0.4, 0.5) is 0 Å². The number of halogens is 1. The van der Waals surface area contributed by atoms with Gasteiger partial charge in [0, 0.05) is 25.8 Å². The highest BCUT2D eigenvalue weighted by Crippen LogP contribution is 2.30. The largest absolute Gasteiger partial charge is 0.487 e. The summed E-state index contributed by atoms with van der Waals surface area (Å²) in [5, 5.41) is 8.65. The number of aromatic nitrogens is 3. The minimum absolute atomic E-state index is 0.107. The zero-order chi connectivity index (χ0) is 23.3. The zero-order valence-electron chi connectivity index (χ0n) is 17.6. The van der Waals surface area contributed by atoms with Gasteiger partial charge >= 0.3 is 17.9 Å². The lowest BCUT2D eigenvalue weighted by atomic mass is 10.0. The molecule has 1 aromatic carbocycles. The predicted octanol–water partition coefficient (Wildman–Crippen LogP) is 1.83. The molecule has 1 aliphatic heterocycles. The molecule has 0 spiro atoms. The van der Waals surface area contributed by atoms with Crippen molar-refractivity contribution in [2.75, 3.05) is 6.61 Å². The standard InChI is InChI=1S/C20H22ClN3O8/c1-11(25)30-17-10-29-20(19(32-13(3)27)18(17)31-12(2)26)24-8-15(22-23-24)9-28-16-6-4-14(21)5-7-16/h4-8,17-20H,9-10H2,1-3H3/t17-,18+,19-,20-/m1/s1. The van der Waals surface area contributed by atoms with Crippen molar-refractivity contribution in [3.8, 4) is 5.75 Å². The van der Waals surface area contributed by atoms with E-state index in [2.05, 4.69) is 10.3 Å². The Balaban J connectivity index is 1.78. The summed E-state index contributed by atoms with van der Waals surface area (Å²) in [4.78, 5) is 34.9. The van der Waals surface area contributed by atoms with Crippen LogP contribution in [0.25, 0.3) is 0 Å². The highest BCUT2D eigenvalue weighted by molar-refractivity contribution is 6.30. The Hall–Kier alpha value is -3.18. The van der Waals surface area contributed by atoms with Crippen molar-refractivity contribution in [3.05, 3.63) is 41.2 Å². The van der Waals surface area contributed by atoms with Crippen LogP contribution in [0.15, 0.2) is 30.5 Å². The second kappa shape index (κ2) is 10.4. The normalized spacial score (nSPS) is 22.6. The first kappa shape index (κ1) is 23.5. The van der Waals surface area contributed by atoms with E-state index in [0.29, 0.717) is 16.5 Å². The Kier molecular flexibility index (Phi) is 7.65. The topological polar surface area (TPSA) is 128 Å². The minimum Gasteiger partial charge on any atom is -0.487 e. The molecule has 11 nitrogen and oxygen atoms in total. The second-order valence-electron chi connectivity index (χ2n) is 6.95. The van der Waals surface area contributed by atoms with E-state index in [0.717, 1.165) is 0 Å². The van der Waals surface area contributed by atoms with E-state index in [-0.39, 0.29) is 13.2 Å². The van der Waals surface area contributed by atoms with Gasteiger partial charge in [0.1, 0.15) is 18.1 Å². The monoisotopic (exact) mass is 467 g/mol. The van der Waals surface area contributed by atoms with Gasteiger partial charge in [0.2, 0.25) is 0 Å². The SMILES string of the molecule is CC(=O)O[C@@H]1[C@@H](OC(C)=O)[C@H](OC(C)=O)CO[C@H]1n1cc(COc2ccc(Cl)cc2)nn1. The van der Waals surface area contributed by atoms with E-state index in [9.17, 15) is 14.4 Å². The zero-order valence-corrected chi connectivity index (χ0v) is 18.4. The van der Waals surface area contributed by atoms with Crippen molar-refractivity contribution in [2.24, 2.45) is 0 Å². The molecule has 0 radical (unpaired) electrons. The van der Waals surface area contributed by atoms with Gasteiger partial charge in [-0.3, -0.25) is 14.4 Å². The number of carbonyl (C=O) groups excluding carboxylic acids is 3. The van der Waals surface area contributed by atoms with Crippen molar-refractivity contribution < 1.29 is 38.1 Å². The Bertz CT molecular complexity index is 964. The van der Waals surface area contributed by atoms with E-state index in [1.807, 2.05) is 0 Å².